The maximum atomic E-state index is 6.43. The van der Waals surface area contributed by atoms with Crippen LogP contribution in [0.2, 0.25) is 4.34 Å². The first-order valence-corrected chi connectivity index (χ1v) is 9.94. The lowest BCUT2D eigenvalue weighted by molar-refractivity contribution is -0.0954. The number of aromatic amines is 1. The minimum atomic E-state index is -0.219. The van der Waals surface area contributed by atoms with Crippen LogP contribution in [0.1, 0.15) is 41.8 Å². The molecular formula is C19H20ClN3OS. The van der Waals surface area contributed by atoms with Gasteiger partial charge in [-0.3, -0.25) is 5.10 Å². The number of fused-ring (bicyclic) bond motifs is 3. The molecule has 2 aliphatic rings. The quantitative estimate of drug-likeness (QED) is 0.657. The second-order valence-electron chi connectivity index (χ2n) is 7.24. The molecule has 0 saturated carbocycles. The van der Waals surface area contributed by atoms with Gasteiger partial charge in [0, 0.05) is 28.8 Å². The zero-order chi connectivity index (χ0) is 17.0. The molecule has 6 heteroatoms. The number of hydrogen-bond acceptors (Lipinski definition) is 4. The van der Waals surface area contributed by atoms with Gasteiger partial charge in [-0.1, -0.05) is 23.7 Å². The average molecular weight is 374 g/mol. The second-order valence-corrected chi connectivity index (χ2v) is 8.93. The van der Waals surface area contributed by atoms with Gasteiger partial charge in [0.15, 0.2) is 0 Å². The second kappa shape index (κ2) is 5.81. The number of H-pyrrole nitrogens is 1. The Morgan fingerprint density at radius 3 is 3.16 bits per heavy atom. The van der Waals surface area contributed by atoms with E-state index in [1.165, 1.54) is 16.0 Å². The first-order chi connectivity index (χ1) is 12.1. The van der Waals surface area contributed by atoms with Crippen molar-refractivity contribution in [1.82, 2.24) is 15.5 Å². The van der Waals surface area contributed by atoms with Gasteiger partial charge in [-0.25, -0.2) is 0 Å². The number of piperidine rings is 1. The van der Waals surface area contributed by atoms with E-state index in [1.54, 1.807) is 11.3 Å². The fourth-order valence-corrected chi connectivity index (χ4v) is 5.91. The summed E-state index contributed by atoms with van der Waals surface area (Å²) < 4.78 is 7.30. The van der Waals surface area contributed by atoms with Crippen molar-refractivity contribution >= 4 is 33.8 Å². The molecule has 0 amide bonds. The van der Waals surface area contributed by atoms with Gasteiger partial charge >= 0.3 is 0 Å². The molecule has 0 radical (unpaired) electrons. The summed E-state index contributed by atoms with van der Waals surface area (Å²) in [6.07, 6.45) is 4.75. The Hall–Kier alpha value is -1.40. The molecule has 3 aromatic rings. The number of rotatable bonds is 1. The Morgan fingerprint density at radius 1 is 1.32 bits per heavy atom. The van der Waals surface area contributed by atoms with Gasteiger partial charge in [-0.05, 0) is 43.0 Å². The number of nitrogens with zero attached hydrogens (tertiary/aromatic N) is 1. The van der Waals surface area contributed by atoms with Crippen LogP contribution in [0, 0.1) is 0 Å². The lowest BCUT2D eigenvalue weighted by Crippen LogP contribution is -2.49. The normalized spacial score (nSPS) is 29.2. The molecular weight excluding hydrogens is 354 g/mol. The largest absolute Gasteiger partial charge is 0.369 e. The van der Waals surface area contributed by atoms with E-state index < -0.39 is 0 Å². The predicted molar refractivity (Wildman–Crippen MR) is 101 cm³/mol. The van der Waals surface area contributed by atoms with E-state index in [9.17, 15) is 0 Å². The zero-order valence-electron chi connectivity index (χ0n) is 14.0. The summed E-state index contributed by atoms with van der Waals surface area (Å²) in [4.78, 5) is 1.34. The van der Waals surface area contributed by atoms with Crippen LogP contribution in [0.4, 0.5) is 0 Å². The summed E-state index contributed by atoms with van der Waals surface area (Å²) in [6.45, 7) is 3.02. The molecule has 1 spiro atoms. The highest BCUT2D eigenvalue weighted by Gasteiger charge is 2.46. The van der Waals surface area contributed by atoms with Crippen molar-refractivity contribution in [2.24, 2.45) is 0 Å². The summed E-state index contributed by atoms with van der Waals surface area (Å²) in [5.41, 5.74) is 3.51. The van der Waals surface area contributed by atoms with E-state index >= 15 is 0 Å². The highest BCUT2D eigenvalue weighted by molar-refractivity contribution is 7.16. The van der Waals surface area contributed by atoms with E-state index in [4.69, 9.17) is 16.3 Å². The number of thiophene rings is 1. The average Bonchev–Trinajstić information content (AvgIpc) is 3.20. The van der Waals surface area contributed by atoms with Gasteiger partial charge in [-0.2, -0.15) is 5.10 Å². The van der Waals surface area contributed by atoms with Crippen molar-refractivity contribution in [2.45, 2.75) is 43.9 Å². The van der Waals surface area contributed by atoms with Gasteiger partial charge in [0.05, 0.1) is 22.7 Å². The summed E-state index contributed by atoms with van der Waals surface area (Å²) in [6, 6.07) is 9.30. The van der Waals surface area contributed by atoms with Crippen LogP contribution in [0.15, 0.2) is 30.5 Å². The van der Waals surface area contributed by atoms with Gasteiger partial charge in [0.1, 0.15) is 5.60 Å². The first-order valence-electron chi connectivity index (χ1n) is 8.75. The lowest BCUT2D eigenvalue weighted by Gasteiger charge is -2.46. The Morgan fingerprint density at radius 2 is 2.24 bits per heavy atom. The third-order valence-electron chi connectivity index (χ3n) is 5.47. The molecule has 2 N–H and O–H groups in total. The number of hydrogen-bond donors (Lipinski definition) is 2. The van der Waals surface area contributed by atoms with Crippen LogP contribution in [-0.4, -0.2) is 22.8 Å². The molecule has 5 rings (SSSR count). The van der Waals surface area contributed by atoms with Crippen molar-refractivity contribution in [3.05, 3.63) is 50.8 Å². The molecule has 3 unspecified atom stereocenters. The first kappa shape index (κ1) is 15.8. The topological polar surface area (TPSA) is 49.9 Å². The highest BCUT2D eigenvalue weighted by Crippen LogP contribution is 2.50. The van der Waals surface area contributed by atoms with Crippen LogP contribution >= 0.6 is 22.9 Å². The Labute approximate surface area is 155 Å². The molecule has 4 nitrogen and oxygen atoms in total. The molecule has 1 fully saturated rings. The molecule has 3 atom stereocenters. The number of ether oxygens (including phenoxy) is 1. The molecule has 2 aromatic heterocycles. The van der Waals surface area contributed by atoms with E-state index in [0.717, 1.165) is 41.1 Å². The third-order valence-corrected chi connectivity index (χ3v) is 6.96. The molecule has 4 heterocycles. The minimum Gasteiger partial charge on any atom is -0.369 e. The van der Waals surface area contributed by atoms with Crippen LogP contribution in [-0.2, 0) is 16.8 Å². The number of halogens is 1. The number of nitrogens with one attached hydrogen (secondary N) is 2. The number of benzene rings is 1. The zero-order valence-corrected chi connectivity index (χ0v) is 15.6. The molecule has 130 valence electrons. The third kappa shape index (κ3) is 2.61. The van der Waals surface area contributed by atoms with Crippen molar-refractivity contribution < 1.29 is 4.74 Å². The predicted octanol–water partition coefficient (Wildman–Crippen LogP) is 4.56. The molecule has 0 bridgehead atoms. The lowest BCUT2D eigenvalue weighted by atomic mass is 9.78. The van der Waals surface area contributed by atoms with Gasteiger partial charge in [0.25, 0.3) is 0 Å². The number of aromatic nitrogens is 2. The Balaban J connectivity index is 1.55. The van der Waals surface area contributed by atoms with Crippen LogP contribution < -0.4 is 5.32 Å². The summed E-state index contributed by atoms with van der Waals surface area (Å²) in [5.74, 6) is 0. The summed E-state index contributed by atoms with van der Waals surface area (Å²) in [7, 11) is 0. The van der Waals surface area contributed by atoms with Crippen LogP contribution in [0.3, 0.4) is 0 Å². The Bertz CT molecular complexity index is 936. The van der Waals surface area contributed by atoms with E-state index in [0.29, 0.717) is 6.04 Å². The Kier molecular flexibility index (Phi) is 3.68. The molecule has 2 aliphatic heterocycles. The SMILES string of the molecule is CC1CC2(CC(c3ccc4cn[nH]c4c3)N1)OCCc1cc(Cl)sc12. The fraction of sp³-hybridized carbons (Fsp3) is 0.421. The minimum absolute atomic E-state index is 0.219. The maximum Gasteiger partial charge on any atom is 0.106 e. The van der Waals surface area contributed by atoms with Gasteiger partial charge in [-0.15, -0.1) is 11.3 Å². The van der Waals surface area contributed by atoms with E-state index in [1.807, 2.05) is 6.20 Å². The maximum absolute atomic E-state index is 6.43. The van der Waals surface area contributed by atoms with Crippen molar-refractivity contribution in [1.29, 1.82) is 0 Å². The summed E-state index contributed by atoms with van der Waals surface area (Å²) >= 11 is 8.03. The summed E-state index contributed by atoms with van der Waals surface area (Å²) in [5, 5.41) is 12.1. The van der Waals surface area contributed by atoms with Crippen molar-refractivity contribution in [3.8, 4) is 0 Å². The van der Waals surface area contributed by atoms with Crippen LogP contribution in [0.5, 0.6) is 0 Å². The van der Waals surface area contributed by atoms with E-state index in [-0.39, 0.29) is 11.6 Å². The van der Waals surface area contributed by atoms with Crippen molar-refractivity contribution in [3.63, 3.8) is 0 Å². The van der Waals surface area contributed by atoms with Crippen LogP contribution in [0.25, 0.3) is 10.9 Å². The van der Waals surface area contributed by atoms with Gasteiger partial charge < -0.3 is 10.1 Å². The smallest absolute Gasteiger partial charge is 0.106 e. The fourth-order valence-electron chi connectivity index (χ4n) is 4.45. The van der Waals surface area contributed by atoms with Crippen molar-refractivity contribution in [2.75, 3.05) is 6.61 Å². The monoisotopic (exact) mass is 373 g/mol. The standard InChI is InChI=1S/C19H20ClN3OS/c1-11-8-19(18-13(4-5-24-19)7-17(20)25-18)9-16(22-11)12-2-3-14-10-21-23-15(14)6-12/h2-3,6-7,10-11,16,22H,4-5,8-9H2,1H3,(H,21,23). The molecule has 1 saturated heterocycles. The van der Waals surface area contributed by atoms with Gasteiger partial charge in [0.2, 0.25) is 0 Å². The van der Waals surface area contributed by atoms with E-state index in [2.05, 4.69) is 46.7 Å². The molecule has 0 aliphatic carbocycles. The molecule has 1 aromatic carbocycles. The molecule has 25 heavy (non-hydrogen) atoms. The highest BCUT2D eigenvalue weighted by atomic mass is 35.5.